The van der Waals surface area contributed by atoms with Crippen molar-refractivity contribution in [3.63, 3.8) is 0 Å². The Morgan fingerprint density at radius 2 is 1.68 bits per heavy atom. The van der Waals surface area contributed by atoms with Gasteiger partial charge in [-0.1, -0.05) is 42.3 Å². The Morgan fingerprint density at radius 3 is 2.21 bits per heavy atom. The topological polar surface area (TPSA) is 66.4 Å². The minimum Gasteiger partial charge on any atom is -0.481 e. The lowest BCUT2D eigenvalue weighted by Gasteiger charge is -2.20. The number of hydrogen-bond acceptors (Lipinski definition) is 2. The largest absolute Gasteiger partial charge is 0.481 e. The van der Waals surface area contributed by atoms with Crippen LogP contribution in [-0.2, 0) is 22.2 Å². The Bertz CT molecular complexity index is 857. The highest BCUT2D eigenvalue weighted by molar-refractivity contribution is 5.95. The molecule has 0 heterocycles. The zero-order valence-electron chi connectivity index (χ0n) is 15.8. The van der Waals surface area contributed by atoms with Crippen LogP contribution in [0.4, 0.5) is 18.9 Å². The van der Waals surface area contributed by atoms with Crippen molar-refractivity contribution in [2.45, 2.75) is 33.4 Å². The molecule has 4 nitrogen and oxygen atoms in total. The number of aryl methyl sites for hydroxylation is 2. The van der Waals surface area contributed by atoms with E-state index in [0.29, 0.717) is 0 Å². The Hall–Kier alpha value is -2.83. The van der Waals surface area contributed by atoms with Crippen LogP contribution in [0.2, 0.25) is 0 Å². The standard InChI is InChI=1S/C21H22F3NO3/c1-12-7-13(2)9-15(8-12)10-18(20(27)28)14(3)19(26)25-17-6-4-5-16(11-17)21(22,23)24/h4-9,11,14,18H,10H2,1-3H3,(H,25,26)(H,27,28)/t14-,18+/m1/s1. The minimum absolute atomic E-state index is 0.0257. The molecule has 2 rings (SSSR count). The average molecular weight is 393 g/mol. The second-order valence-corrected chi connectivity index (χ2v) is 7.00. The highest BCUT2D eigenvalue weighted by Gasteiger charge is 2.32. The molecule has 0 aliphatic rings. The summed E-state index contributed by atoms with van der Waals surface area (Å²) in [6.07, 6.45) is -4.38. The molecule has 2 atom stereocenters. The van der Waals surface area contributed by atoms with Crippen LogP contribution in [0, 0.1) is 25.7 Å². The van der Waals surface area contributed by atoms with Crippen LogP contribution in [-0.4, -0.2) is 17.0 Å². The number of aliphatic carboxylic acids is 1. The number of halogens is 3. The van der Waals surface area contributed by atoms with E-state index in [4.69, 9.17) is 0 Å². The average Bonchev–Trinajstić information content (AvgIpc) is 2.57. The third-order valence-corrected chi connectivity index (χ3v) is 4.53. The summed E-state index contributed by atoms with van der Waals surface area (Å²) in [5.41, 5.74) is 1.86. The van der Waals surface area contributed by atoms with Crippen LogP contribution in [0.15, 0.2) is 42.5 Å². The predicted molar refractivity (Wildman–Crippen MR) is 100.0 cm³/mol. The van der Waals surface area contributed by atoms with Gasteiger partial charge >= 0.3 is 12.1 Å². The van der Waals surface area contributed by atoms with Gasteiger partial charge < -0.3 is 10.4 Å². The molecule has 2 aromatic rings. The fraction of sp³-hybridized carbons (Fsp3) is 0.333. The molecule has 150 valence electrons. The Labute approximate surface area is 161 Å². The summed E-state index contributed by atoms with van der Waals surface area (Å²) in [7, 11) is 0. The maximum atomic E-state index is 12.8. The highest BCUT2D eigenvalue weighted by Crippen LogP contribution is 2.31. The van der Waals surface area contributed by atoms with Crippen molar-refractivity contribution in [2.75, 3.05) is 5.32 Å². The lowest BCUT2D eigenvalue weighted by molar-refractivity contribution is -0.145. The van der Waals surface area contributed by atoms with E-state index < -0.39 is 35.5 Å². The summed E-state index contributed by atoms with van der Waals surface area (Å²) >= 11 is 0. The maximum Gasteiger partial charge on any atom is 0.416 e. The number of benzene rings is 2. The molecule has 0 bridgehead atoms. The molecule has 1 amide bonds. The van der Waals surface area contributed by atoms with Crippen molar-refractivity contribution in [1.29, 1.82) is 0 Å². The molecule has 0 aliphatic carbocycles. The first-order valence-electron chi connectivity index (χ1n) is 8.75. The van der Waals surface area contributed by atoms with Gasteiger partial charge in [0.05, 0.1) is 11.5 Å². The van der Waals surface area contributed by atoms with E-state index in [-0.39, 0.29) is 12.1 Å². The summed E-state index contributed by atoms with van der Waals surface area (Å²) in [6, 6.07) is 9.93. The van der Waals surface area contributed by atoms with Crippen LogP contribution in [0.25, 0.3) is 0 Å². The SMILES string of the molecule is Cc1cc(C)cc(C[C@H](C(=O)O)[C@@H](C)C(=O)Nc2cccc(C(F)(F)F)c2)c1. The van der Waals surface area contributed by atoms with Crippen molar-refractivity contribution in [3.8, 4) is 0 Å². The molecule has 0 unspecified atom stereocenters. The Kier molecular flexibility index (Phi) is 6.48. The lowest BCUT2D eigenvalue weighted by Crippen LogP contribution is -2.33. The number of carbonyl (C=O) groups is 2. The fourth-order valence-electron chi connectivity index (χ4n) is 3.13. The molecular weight excluding hydrogens is 371 g/mol. The number of carboxylic acid groups (broad SMARTS) is 1. The third-order valence-electron chi connectivity index (χ3n) is 4.53. The van der Waals surface area contributed by atoms with Gasteiger partial charge in [0, 0.05) is 11.6 Å². The number of carboxylic acids is 1. The zero-order valence-corrected chi connectivity index (χ0v) is 15.8. The van der Waals surface area contributed by atoms with Gasteiger partial charge in [0.25, 0.3) is 0 Å². The zero-order chi connectivity index (χ0) is 21.1. The summed E-state index contributed by atoms with van der Waals surface area (Å²) < 4.78 is 38.4. The number of nitrogens with one attached hydrogen (secondary N) is 1. The van der Waals surface area contributed by atoms with Gasteiger partial charge in [0.15, 0.2) is 0 Å². The molecule has 0 aliphatic heterocycles. The molecule has 7 heteroatoms. The first kappa shape index (κ1) is 21.5. The summed E-state index contributed by atoms with van der Waals surface area (Å²) in [4.78, 5) is 24.2. The number of carbonyl (C=O) groups excluding carboxylic acids is 1. The first-order chi connectivity index (χ1) is 13.0. The fourth-order valence-corrected chi connectivity index (χ4v) is 3.13. The van der Waals surface area contributed by atoms with E-state index in [1.807, 2.05) is 32.0 Å². The molecule has 0 radical (unpaired) electrons. The second kappa shape index (κ2) is 8.46. The van der Waals surface area contributed by atoms with Crippen molar-refractivity contribution in [2.24, 2.45) is 11.8 Å². The first-order valence-corrected chi connectivity index (χ1v) is 8.75. The number of alkyl halides is 3. The molecule has 28 heavy (non-hydrogen) atoms. The molecular formula is C21H22F3NO3. The number of amides is 1. The maximum absolute atomic E-state index is 12.8. The smallest absolute Gasteiger partial charge is 0.416 e. The van der Waals surface area contributed by atoms with Crippen molar-refractivity contribution >= 4 is 17.6 Å². The van der Waals surface area contributed by atoms with Gasteiger partial charge in [-0.3, -0.25) is 9.59 Å². The number of anilines is 1. The summed E-state index contributed by atoms with van der Waals surface area (Å²) in [6.45, 7) is 5.26. The molecule has 0 aromatic heterocycles. The molecule has 0 fully saturated rings. The highest BCUT2D eigenvalue weighted by atomic mass is 19.4. The number of hydrogen-bond donors (Lipinski definition) is 2. The van der Waals surface area contributed by atoms with Gasteiger partial charge in [0.1, 0.15) is 0 Å². The van der Waals surface area contributed by atoms with Gasteiger partial charge in [-0.15, -0.1) is 0 Å². The van der Waals surface area contributed by atoms with Crippen molar-refractivity contribution in [1.82, 2.24) is 0 Å². The van der Waals surface area contributed by atoms with E-state index in [1.165, 1.54) is 19.1 Å². The lowest BCUT2D eigenvalue weighted by atomic mass is 9.86. The van der Waals surface area contributed by atoms with E-state index >= 15 is 0 Å². The Morgan fingerprint density at radius 1 is 1.07 bits per heavy atom. The van der Waals surface area contributed by atoms with Crippen molar-refractivity contribution in [3.05, 3.63) is 64.7 Å². The Balaban J connectivity index is 2.17. The van der Waals surface area contributed by atoms with Crippen LogP contribution in [0.1, 0.15) is 29.2 Å². The van der Waals surface area contributed by atoms with Gasteiger partial charge in [0.2, 0.25) is 5.91 Å². The molecule has 0 saturated carbocycles. The minimum atomic E-state index is -4.53. The van der Waals surface area contributed by atoms with Gasteiger partial charge in [-0.05, 0) is 44.0 Å². The van der Waals surface area contributed by atoms with Crippen LogP contribution >= 0.6 is 0 Å². The monoisotopic (exact) mass is 393 g/mol. The van der Waals surface area contributed by atoms with Crippen LogP contribution in [0.3, 0.4) is 0 Å². The molecule has 0 spiro atoms. The quantitative estimate of drug-likeness (QED) is 0.738. The van der Waals surface area contributed by atoms with Crippen LogP contribution < -0.4 is 5.32 Å². The van der Waals surface area contributed by atoms with E-state index in [1.54, 1.807) is 0 Å². The van der Waals surface area contributed by atoms with Crippen LogP contribution in [0.5, 0.6) is 0 Å². The van der Waals surface area contributed by atoms with Gasteiger partial charge in [-0.25, -0.2) is 0 Å². The summed E-state index contributed by atoms with van der Waals surface area (Å²) in [5, 5.41) is 12.0. The predicted octanol–water partition coefficient (Wildman–Crippen LogP) is 4.84. The third kappa shape index (κ3) is 5.58. The second-order valence-electron chi connectivity index (χ2n) is 7.00. The molecule has 2 aromatic carbocycles. The van der Waals surface area contributed by atoms with E-state index in [9.17, 15) is 27.9 Å². The number of rotatable bonds is 6. The van der Waals surface area contributed by atoms with E-state index in [2.05, 4.69) is 5.32 Å². The molecule has 2 N–H and O–H groups in total. The van der Waals surface area contributed by atoms with Crippen molar-refractivity contribution < 1.29 is 27.9 Å². The van der Waals surface area contributed by atoms with Gasteiger partial charge in [-0.2, -0.15) is 13.2 Å². The summed E-state index contributed by atoms with van der Waals surface area (Å²) in [5.74, 6) is -3.72. The molecule has 0 saturated heterocycles. The normalized spacial score (nSPS) is 13.6. The van der Waals surface area contributed by atoms with E-state index in [0.717, 1.165) is 28.8 Å².